The molecule has 6 heteroatoms. The summed E-state index contributed by atoms with van der Waals surface area (Å²) in [5.74, 6) is 0.882. The highest BCUT2D eigenvalue weighted by Gasteiger charge is 2.38. The molecule has 26 heavy (non-hydrogen) atoms. The molecule has 0 saturated carbocycles. The Morgan fingerprint density at radius 2 is 2.04 bits per heavy atom. The fraction of sp³-hybridized carbons (Fsp3) is 0.450. The van der Waals surface area contributed by atoms with Gasteiger partial charge in [0.1, 0.15) is 11.9 Å². The Kier molecular flexibility index (Phi) is 6.30. The molecule has 1 aromatic carbocycles. The highest BCUT2D eigenvalue weighted by atomic mass is 16.5. The van der Waals surface area contributed by atoms with Crippen molar-refractivity contribution >= 4 is 5.91 Å². The lowest BCUT2D eigenvalue weighted by Gasteiger charge is -2.23. The molecule has 1 saturated heterocycles. The van der Waals surface area contributed by atoms with Gasteiger partial charge in [-0.05, 0) is 24.3 Å². The van der Waals surface area contributed by atoms with Crippen LogP contribution in [0, 0.1) is 0 Å². The van der Waals surface area contributed by atoms with E-state index in [4.69, 9.17) is 9.47 Å². The van der Waals surface area contributed by atoms with E-state index in [-0.39, 0.29) is 18.1 Å². The van der Waals surface area contributed by atoms with Gasteiger partial charge in [-0.25, -0.2) is 0 Å². The Balaban J connectivity index is 1.67. The number of methoxy groups -OCH3 is 1. The molecule has 0 unspecified atom stereocenters. The molecule has 2 heterocycles. The number of benzene rings is 1. The zero-order valence-corrected chi connectivity index (χ0v) is 15.4. The SMILES string of the molecule is COCCNC(=O)[C@H]1C[C@H](Oc2ccccc2)CN1Cc1cccn1C. The summed E-state index contributed by atoms with van der Waals surface area (Å²) in [4.78, 5) is 14.9. The average molecular weight is 357 g/mol. The first-order valence-corrected chi connectivity index (χ1v) is 9.00. The van der Waals surface area contributed by atoms with Gasteiger partial charge in [0.2, 0.25) is 5.91 Å². The largest absolute Gasteiger partial charge is 0.489 e. The van der Waals surface area contributed by atoms with E-state index in [0.29, 0.717) is 19.6 Å². The molecule has 1 aromatic heterocycles. The molecule has 1 amide bonds. The first-order valence-electron chi connectivity index (χ1n) is 9.00. The third kappa shape index (κ3) is 4.65. The van der Waals surface area contributed by atoms with E-state index in [1.165, 1.54) is 5.69 Å². The molecule has 1 N–H and O–H groups in total. The highest BCUT2D eigenvalue weighted by Crippen LogP contribution is 2.25. The summed E-state index contributed by atoms with van der Waals surface area (Å²) in [6.45, 7) is 2.48. The Labute approximate surface area is 154 Å². The predicted octanol–water partition coefficient (Wildman–Crippen LogP) is 1.81. The number of aryl methyl sites for hydroxylation is 1. The Bertz CT molecular complexity index is 701. The molecule has 0 spiro atoms. The molecule has 0 radical (unpaired) electrons. The van der Waals surface area contributed by atoms with Crippen molar-refractivity contribution in [3.63, 3.8) is 0 Å². The fourth-order valence-electron chi connectivity index (χ4n) is 3.35. The zero-order chi connectivity index (χ0) is 18.4. The summed E-state index contributed by atoms with van der Waals surface area (Å²) in [5.41, 5.74) is 1.18. The third-order valence-electron chi connectivity index (χ3n) is 4.74. The quantitative estimate of drug-likeness (QED) is 0.732. The minimum Gasteiger partial charge on any atom is -0.489 e. The standard InChI is InChI=1S/C20H27N3O3/c1-22-11-6-7-16(22)14-23-15-18(26-17-8-4-3-5-9-17)13-19(23)20(24)21-10-12-25-2/h3-9,11,18-19H,10,12-15H2,1-2H3,(H,21,24)/t18-,19+/m0/s1. The van der Waals surface area contributed by atoms with Gasteiger partial charge in [-0.1, -0.05) is 18.2 Å². The maximum atomic E-state index is 12.7. The molecule has 1 aliphatic heterocycles. The van der Waals surface area contributed by atoms with Gasteiger partial charge in [0.25, 0.3) is 0 Å². The Morgan fingerprint density at radius 1 is 1.23 bits per heavy atom. The van der Waals surface area contributed by atoms with Gasteiger partial charge in [-0.15, -0.1) is 0 Å². The van der Waals surface area contributed by atoms with Gasteiger partial charge >= 0.3 is 0 Å². The van der Waals surface area contributed by atoms with Crippen molar-refractivity contribution in [1.29, 1.82) is 0 Å². The number of nitrogens with one attached hydrogen (secondary N) is 1. The van der Waals surface area contributed by atoms with Gasteiger partial charge in [0.15, 0.2) is 0 Å². The van der Waals surface area contributed by atoms with Crippen molar-refractivity contribution in [3.8, 4) is 5.75 Å². The van der Waals surface area contributed by atoms with E-state index in [9.17, 15) is 4.79 Å². The Morgan fingerprint density at radius 3 is 2.73 bits per heavy atom. The molecule has 0 aliphatic carbocycles. The number of hydrogen-bond donors (Lipinski definition) is 1. The second-order valence-electron chi connectivity index (χ2n) is 6.63. The fourth-order valence-corrected chi connectivity index (χ4v) is 3.35. The van der Waals surface area contributed by atoms with Crippen molar-refractivity contribution in [2.75, 3.05) is 26.8 Å². The van der Waals surface area contributed by atoms with Crippen LogP contribution < -0.4 is 10.1 Å². The number of aromatic nitrogens is 1. The number of carbonyl (C=O) groups excluding carboxylic acids is 1. The van der Waals surface area contributed by atoms with Crippen LogP contribution in [0.4, 0.5) is 0 Å². The number of likely N-dealkylation sites (tertiary alicyclic amines) is 1. The first kappa shape index (κ1) is 18.5. The molecule has 2 atom stereocenters. The van der Waals surface area contributed by atoms with Crippen molar-refractivity contribution in [2.45, 2.75) is 25.1 Å². The zero-order valence-electron chi connectivity index (χ0n) is 15.4. The van der Waals surface area contributed by atoms with Crippen LogP contribution >= 0.6 is 0 Å². The summed E-state index contributed by atoms with van der Waals surface area (Å²) >= 11 is 0. The van der Waals surface area contributed by atoms with Crippen LogP contribution in [0.15, 0.2) is 48.7 Å². The second-order valence-corrected chi connectivity index (χ2v) is 6.63. The molecule has 3 rings (SSSR count). The first-order chi connectivity index (χ1) is 12.7. The van der Waals surface area contributed by atoms with Gasteiger partial charge in [0, 0.05) is 52.1 Å². The van der Waals surface area contributed by atoms with Crippen molar-refractivity contribution in [3.05, 3.63) is 54.4 Å². The minimum absolute atomic E-state index is 0.00385. The molecular weight excluding hydrogens is 330 g/mol. The number of carbonyl (C=O) groups is 1. The summed E-state index contributed by atoms with van der Waals surface area (Å²) in [7, 11) is 3.66. The van der Waals surface area contributed by atoms with Crippen LogP contribution in [0.2, 0.25) is 0 Å². The van der Waals surface area contributed by atoms with Crippen molar-refractivity contribution in [1.82, 2.24) is 14.8 Å². The van der Waals surface area contributed by atoms with Gasteiger partial charge in [-0.3, -0.25) is 9.69 Å². The maximum Gasteiger partial charge on any atom is 0.237 e. The maximum absolute atomic E-state index is 12.7. The summed E-state index contributed by atoms with van der Waals surface area (Å²) in [6.07, 6.45) is 2.70. The molecule has 2 aromatic rings. The number of ether oxygens (including phenoxy) is 2. The van der Waals surface area contributed by atoms with E-state index in [1.54, 1.807) is 7.11 Å². The average Bonchev–Trinajstić information content (AvgIpc) is 3.23. The third-order valence-corrected chi connectivity index (χ3v) is 4.74. The lowest BCUT2D eigenvalue weighted by atomic mass is 10.1. The van der Waals surface area contributed by atoms with Crippen molar-refractivity contribution < 1.29 is 14.3 Å². The minimum atomic E-state index is -0.199. The molecule has 1 fully saturated rings. The normalized spacial score (nSPS) is 20.2. The van der Waals surface area contributed by atoms with Crippen molar-refractivity contribution in [2.24, 2.45) is 7.05 Å². The Hall–Kier alpha value is -2.31. The lowest BCUT2D eigenvalue weighted by Crippen LogP contribution is -2.44. The summed E-state index contributed by atoms with van der Waals surface area (Å²) in [6, 6.07) is 13.7. The number of para-hydroxylation sites is 1. The molecule has 140 valence electrons. The molecule has 6 nitrogen and oxygen atoms in total. The number of rotatable bonds is 8. The summed E-state index contributed by atoms with van der Waals surface area (Å²) in [5, 5.41) is 2.97. The second kappa shape index (κ2) is 8.87. The predicted molar refractivity (Wildman–Crippen MR) is 100.0 cm³/mol. The van der Waals surface area contributed by atoms with E-state index >= 15 is 0 Å². The van der Waals surface area contributed by atoms with Crippen LogP contribution in [0.5, 0.6) is 5.75 Å². The van der Waals surface area contributed by atoms with Crippen LogP contribution in [0.3, 0.4) is 0 Å². The monoisotopic (exact) mass is 357 g/mol. The van der Waals surface area contributed by atoms with Crippen LogP contribution in [0.1, 0.15) is 12.1 Å². The van der Waals surface area contributed by atoms with E-state index in [1.807, 2.05) is 49.6 Å². The topological polar surface area (TPSA) is 55.7 Å². The smallest absolute Gasteiger partial charge is 0.237 e. The highest BCUT2D eigenvalue weighted by molar-refractivity contribution is 5.82. The number of nitrogens with zero attached hydrogens (tertiary/aromatic N) is 2. The lowest BCUT2D eigenvalue weighted by molar-refractivity contribution is -0.125. The van der Waals surface area contributed by atoms with Gasteiger partial charge in [0.05, 0.1) is 12.6 Å². The van der Waals surface area contributed by atoms with Gasteiger partial charge < -0.3 is 19.4 Å². The molecular formula is C20H27N3O3. The van der Waals surface area contributed by atoms with Crippen LogP contribution in [0.25, 0.3) is 0 Å². The van der Waals surface area contributed by atoms with E-state index < -0.39 is 0 Å². The summed E-state index contributed by atoms with van der Waals surface area (Å²) < 4.78 is 13.2. The van der Waals surface area contributed by atoms with Gasteiger partial charge in [-0.2, -0.15) is 0 Å². The number of hydrogen-bond acceptors (Lipinski definition) is 4. The van der Waals surface area contributed by atoms with Crippen LogP contribution in [-0.2, 0) is 23.1 Å². The molecule has 1 aliphatic rings. The molecule has 0 bridgehead atoms. The van der Waals surface area contributed by atoms with E-state index in [0.717, 1.165) is 18.8 Å². The number of amides is 1. The van der Waals surface area contributed by atoms with E-state index in [2.05, 4.69) is 20.9 Å². The van der Waals surface area contributed by atoms with Crippen LogP contribution in [-0.4, -0.2) is 54.3 Å².